The molecule has 2 rings (SSSR count). The van der Waals surface area contributed by atoms with Gasteiger partial charge in [-0.25, -0.2) is 9.59 Å². The lowest BCUT2D eigenvalue weighted by Crippen LogP contribution is -2.15. The van der Waals surface area contributed by atoms with Crippen LogP contribution in [0.1, 0.15) is 11.1 Å². The largest absolute Gasteiger partial charge is 0.506 e. The van der Waals surface area contributed by atoms with E-state index in [-0.39, 0.29) is 35.5 Å². The summed E-state index contributed by atoms with van der Waals surface area (Å²) in [5.41, 5.74) is -0.333. The summed E-state index contributed by atoms with van der Waals surface area (Å²) in [7, 11) is 0. The van der Waals surface area contributed by atoms with Crippen LogP contribution in [0.2, 0.25) is 0 Å². The van der Waals surface area contributed by atoms with Crippen LogP contribution < -0.4 is 0 Å². The Bertz CT molecular complexity index is 921. The topological polar surface area (TPSA) is 115 Å². The molecule has 0 atom stereocenters. The summed E-state index contributed by atoms with van der Waals surface area (Å²) in [6.45, 7) is 0. The van der Waals surface area contributed by atoms with Crippen molar-refractivity contribution < 1.29 is 30.0 Å². The minimum Gasteiger partial charge on any atom is -0.506 e. The Hall–Kier alpha value is -1.36. The summed E-state index contributed by atoms with van der Waals surface area (Å²) >= 11 is 12.8. The quantitative estimate of drug-likeness (QED) is 0.314. The van der Waals surface area contributed by atoms with E-state index < -0.39 is 23.1 Å². The van der Waals surface area contributed by atoms with Crippen LogP contribution in [0.3, 0.4) is 0 Å². The Morgan fingerprint density at radius 2 is 1.00 bits per heavy atom. The van der Waals surface area contributed by atoms with Gasteiger partial charge in [-0.1, -0.05) is 31.9 Å². The molecule has 2 aromatic carbocycles. The molecule has 0 aliphatic heterocycles. The first-order valence-corrected chi connectivity index (χ1v) is 10.7. The molecule has 10 heteroatoms. The van der Waals surface area contributed by atoms with Crippen molar-refractivity contribution in [3.05, 3.63) is 64.4 Å². The lowest BCUT2D eigenvalue weighted by molar-refractivity contribution is -0.136. The second-order valence-electron chi connectivity index (χ2n) is 5.71. The maximum absolute atomic E-state index is 11.8. The predicted molar refractivity (Wildman–Crippen MR) is 117 cm³/mol. The van der Waals surface area contributed by atoms with Gasteiger partial charge < -0.3 is 20.4 Å². The van der Waals surface area contributed by atoms with Crippen LogP contribution in [0.4, 0.5) is 0 Å². The number of carboxylic acid groups (broad SMARTS) is 2. The molecule has 0 saturated carbocycles. The number of carbonyl (C=O) groups is 2. The van der Waals surface area contributed by atoms with Crippen molar-refractivity contribution in [3.63, 3.8) is 0 Å². The van der Waals surface area contributed by atoms with Crippen LogP contribution in [-0.2, 0) is 22.4 Å². The molecule has 0 radical (unpaired) electrons. The van der Waals surface area contributed by atoms with Crippen molar-refractivity contribution in [1.29, 1.82) is 0 Å². The number of phenolic OH excluding ortho intramolecular Hbond substituents is 2. The molecule has 0 heterocycles. The summed E-state index contributed by atoms with van der Waals surface area (Å²) in [6.07, 6.45) is -0.645. The predicted octanol–water partition coefficient (Wildman–Crippen LogP) is 5.40. The van der Waals surface area contributed by atoms with E-state index in [2.05, 4.69) is 63.7 Å². The van der Waals surface area contributed by atoms with Crippen LogP contribution in [-0.4, -0.2) is 32.4 Å². The fourth-order valence-electron chi connectivity index (χ4n) is 2.51. The van der Waals surface area contributed by atoms with Crippen LogP contribution in [0.15, 0.2) is 53.3 Å². The monoisotopic (exact) mass is 640 g/mol. The maximum atomic E-state index is 11.8. The summed E-state index contributed by atoms with van der Waals surface area (Å²) < 4.78 is 1.85. The van der Waals surface area contributed by atoms with Gasteiger partial charge in [0.25, 0.3) is 0 Å². The molecule has 0 spiro atoms. The molecule has 0 amide bonds. The Morgan fingerprint density at radius 1 is 0.679 bits per heavy atom. The van der Waals surface area contributed by atoms with Crippen molar-refractivity contribution in [3.8, 4) is 11.5 Å². The van der Waals surface area contributed by atoms with Gasteiger partial charge in [0.1, 0.15) is 11.5 Å². The lowest BCUT2D eigenvalue weighted by atomic mass is 9.94. The third kappa shape index (κ3) is 5.37. The fraction of sp³-hybridized carbons (Fsp3) is 0.111. The molecule has 4 N–H and O–H groups in total. The number of benzene rings is 2. The third-order valence-corrected chi connectivity index (χ3v) is 5.95. The van der Waals surface area contributed by atoms with Gasteiger partial charge in [-0.3, -0.25) is 0 Å². The first-order valence-electron chi connectivity index (χ1n) is 7.53. The number of halogens is 4. The molecule has 0 saturated heterocycles. The third-order valence-electron chi connectivity index (χ3n) is 3.83. The smallest absolute Gasteiger partial charge is 0.332 e. The Labute approximate surface area is 193 Å². The van der Waals surface area contributed by atoms with E-state index in [0.717, 1.165) is 0 Å². The number of phenols is 2. The maximum Gasteiger partial charge on any atom is 0.332 e. The zero-order valence-corrected chi connectivity index (χ0v) is 20.2. The molecule has 0 fully saturated rings. The van der Waals surface area contributed by atoms with Gasteiger partial charge in [-0.2, -0.15) is 0 Å². The molecule has 0 aromatic heterocycles. The SMILES string of the molecule is O=C(O)/C(Cc1cc(Br)cc(Br)c1O)=C(\Cc1cc(Br)cc(Br)c1O)C(=O)O. The highest BCUT2D eigenvalue weighted by atomic mass is 79.9. The van der Waals surface area contributed by atoms with Gasteiger partial charge in [-0.15, -0.1) is 0 Å². The lowest BCUT2D eigenvalue weighted by Gasteiger charge is -2.13. The van der Waals surface area contributed by atoms with E-state index in [9.17, 15) is 30.0 Å². The number of hydrogen-bond donors (Lipinski definition) is 4. The Morgan fingerprint density at radius 3 is 1.29 bits per heavy atom. The molecule has 6 nitrogen and oxygen atoms in total. The van der Waals surface area contributed by atoms with E-state index in [1.165, 1.54) is 12.1 Å². The number of aromatic hydroxyl groups is 2. The van der Waals surface area contributed by atoms with E-state index in [1.54, 1.807) is 12.1 Å². The molecule has 148 valence electrons. The van der Waals surface area contributed by atoms with Gasteiger partial charge in [-0.05, 0) is 56.1 Å². The number of aliphatic carboxylic acids is 2. The summed E-state index contributed by atoms with van der Waals surface area (Å²) in [4.78, 5) is 23.7. The second-order valence-corrected chi connectivity index (χ2v) is 9.25. The van der Waals surface area contributed by atoms with Gasteiger partial charge in [0.05, 0.1) is 20.1 Å². The highest BCUT2D eigenvalue weighted by Crippen LogP contribution is 2.36. The summed E-state index contributed by atoms with van der Waals surface area (Å²) in [6, 6.07) is 6.18. The van der Waals surface area contributed by atoms with Gasteiger partial charge in [0.2, 0.25) is 0 Å². The first kappa shape index (κ1) is 22.9. The second kappa shape index (κ2) is 9.43. The van der Waals surface area contributed by atoms with Crippen molar-refractivity contribution in [2.45, 2.75) is 12.8 Å². The number of hydrogen-bond acceptors (Lipinski definition) is 4. The van der Waals surface area contributed by atoms with Crippen LogP contribution in [0.5, 0.6) is 11.5 Å². The molecule has 0 unspecified atom stereocenters. The Kier molecular flexibility index (Phi) is 7.72. The van der Waals surface area contributed by atoms with Crippen LogP contribution in [0, 0.1) is 0 Å². The first-order chi connectivity index (χ1) is 13.0. The van der Waals surface area contributed by atoms with Crippen LogP contribution >= 0.6 is 63.7 Å². The van der Waals surface area contributed by atoms with Gasteiger partial charge in [0, 0.05) is 32.9 Å². The van der Waals surface area contributed by atoms with E-state index in [4.69, 9.17) is 0 Å². The zero-order chi connectivity index (χ0) is 21.2. The normalized spacial score (nSPS) is 11.9. The average Bonchev–Trinajstić information content (AvgIpc) is 2.58. The molecular formula is C18H12Br4O6. The van der Waals surface area contributed by atoms with Gasteiger partial charge >= 0.3 is 11.9 Å². The highest BCUT2D eigenvalue weighted by Gasteiger charge is 2.24. The van der Waals surface area contributed by atoms with Crippen molar-refractivity contribution in [1.82, 2.24) is 0 Å². The molecule has 0 bridgehead atoms. The minimum absolute atomic E-state index is 0.181. The van der Waals surface area contributed by atoms with Crippen LogP contribution in [0.25, 0.3) is 0 Å². The van der Waals surface area contributed by atoms with Crippen molar-refractivity contribution in [2.24, 2.45) is 0 Å². The number of carboxylic acids is 2. The molecule has 2 aromatic rings. The fourth-order valence-corrected chi connectivity index (χ4v) is 5.14. The van der Waals surface area contributed by atoms with Gasteiger partial charge in [0.15, 0.2) is 0 Å². The van der Waals surface area contributed by atoms with E-state index in [0.29, 0.717) is 17.9 Å². The molecule has 0 aliphatic rings. The minimum atomic E-state index is -1.43. The van der Waals surface area contributed by atoms with E-state index >= 15 is 0 Å². The standard InChI is InChI=1S/C18H12Br4O6/c19-9-1-7(15(23)13(21)5-9)3-11(17(25)26)12(18(27)28)4-8-2-10(20)6-14(22)16(8)24/h1-2,5-6,23-24H,3-4H2,(H,25,26)(H,27,28)/b12-11+. The number of rotatable bonds is 6. The zero-order valence-electron chi connectivity index (χ0n) is 13.8. The average molecular weight is 644 g/mol. The molecule has 28 heavy (non-hydrogen) atoms. The molecule has 0 aliphatic carbocycles. The van der Waals surface area contributed by atoms with Crippen molar-refractivity contribution >= 4 is 75.7 Å². The molecular weight excluding hydrogens is 632 g/mol. The highest BCUT2D eigenvalue weighted by molar-refractivity contribution is 9.11. The van der Waals surface area contributed by atoms with Crippen molar-refractivity contribution in [2.75, 3.05) is 0 Å². The summed E-state index contributed by atoms with van der Waals surface area (Å²) in [5, 5.41) is 39.7. The summed E-state index contributed by atoms with van der Waals surface area (Å²) in [5.74, 6) is -3.22. The van der Waals surface area contributed by atoms with E-state index in [1.807, 2.05) is 0 Å². The Balaban J connectivity index is 2.60.